The molecule has 0 amide bonds. The quantitative estimate of drug-likeness (QED) is 0.798. The van der Waals surface area contributed by atoms with Gasteiger partial charge in [-0.25, -0.2) is 0 Å². The van der Waals surface area contributed by atoms with Gasteiger partial charge in [-0.05, 0) is 6.07 Å². The molecule has 60 valence electrons. The molecule has 0 spiro atoms. The van der Waals surface area contributed by atoms with E-state index >= 15 is 0 Å². The van der Waals surface area contributed by atoms with Crippen molar-refractivity contribution in [3.8, 4) is 11.5 Å². The van der Waals surface area contributed by atoms with E-state index in [0.717, 1.165) is 5.56 Å². The summed E-state index contributed by atoms with van der Waals surface area (Å²) in [5, 5.41) is 9.26. The van der Waals surface area contributed by atoms with E-state index in [0.29, 0.717) is 12.3 Å². The summed E-state index contributed by atoms with van der Waals surface area (Å²) >= 11 is 1.75. The predicted molar refractivity (Wildman–Crippen MR) is 50.6 cm³/mol. The van der Waals surface area contributed by atoms with Crippen molar-refractivity contribution < 1.29 is 8.17 Å². The Labute approximate surface area is 78.9 Å². The van der Waals surface area contributed by atoms with Gasteiger partial charge in [-0.15, -0.1) is 0 Å². The lowest BCUT2D eigenvalue weighted by Gasteiger charge is -2.02. The van der Waals surface area contributed by atoms with Crippen LogP contribution in [-0.2, 0) is 6.54 Å². The summed E-state index contributed by atoms with van der Waals surface area (Å²) in [6.45, 7) is 0.341. The molecule has 4 heteroatoms. The first-order valence-corrected chi connectivity index (χ1v) is 3.96. The van der Waals surface area contributed by atoms with Crippen molar-refractivity contribution in [1.29, 1.82) is 0 Å². The Morgan fingerprint density at radius 2 is 2.27 bits per heavy atom. The molecule has 11 heavy (non-hydrogen) atoms. The Bertz CT molecular complexity index is 252. The van der Waals surface area contributed by atoms with E-state index in [4.69, 9.17) is 8.80 Å². The standard InChI is InChI=1S/C7H8INO2/c8-11-6-2-1-5(4-9)7(10)3-6/h1-3,10H,4,9H2. The van der Waals surface area contributed by atoms with Gasteiger partial charge in [-0.1, -0.05) is 6.07 Å². The van der Waals surface area contributed by atoms with Crippen LogP contribution in [0.1, 0.15) is 5.56 Å². The van der Waals surface area contributed by atoms with Crippen LogP contribution in [0.15, 0.2) is 18.2 Å². The van der Waals surface area contributed by atoms with Crippen LogP contribution in [0.3, 0.4) is 0 Å². The lowest BCUT2D eigenvalue weighted by molar-refractivity contribution is 0.466. The molecule has 0 unspecified atom stereocenters. The van der Waals surface area contributed by atoms with Crippen molar-refractivity contribution in [1.82, 2.24) is 0 Å². The SMILES string of the molecule is NCc1ccc(OI)cc1O. The van der Waals surface area contributed by atoms with Crippen LogP contribution in [-0.4, -0.2) is 5.11 Å². The van der Waals surface area contributed by atoms with Gasteiger partial charge in [-0.2, -0.15) is 0 Å². The lowest BCUT2D eigenvalue weighted by Crippen LogP contribution is -1.95. The number of halogens is 1. The van der Waals surface area contributed by atoms with E-state index in [2.05, 4.69) is 0 Å². The van der Waals surface area contributed by atoms with Gasteiger partial charge < -0.3 is 13.9 Å². The Morgan fingerprint density at radius 1 is 1.55 bits per heavy atom. The first kappa shape index (κ1) is 8.61. The lowest BCUT2D eigenvalue weighted by atomic mass is 10.2. The van der Waals surface area contributed by atoms with Crippen molar-refractivity contribution in [2.75, 3.05) is 0 Å². The number of nitrogens with two attached hydrogens (primary N) is 1. The van der Waals surface area contributed by atoms with Crippen molar-refractivity contribution in [2.45, 2.75) is 6.54 Å². The van der Waals surface area contributed by atoms with Crippen LogP contribution in [0.4, 0.5) is 0 Å². The highest BCUT2D eigenvalue weighted by Gasteiger charge is 1.99. The summed E-state index contributed by atoms with van der Waals surface area (Å²) in [5.74, 6) is 0.807. The topological polar surface area (TPSA) is 55.5 Å². The van der Waals surface area contributed by atoms with E-state index in [9.17, 15) is 5.11 Å². The van der Waals surface area contributed by atoms with E-state index in [1.807, 2.05) is 0 Å². The van der Waals surface area contributed by atoms with Crippen molar-refractivity contribution in [2.24, 2.45) is 5.73 Å². The Balaban J connectivity index is 2.99. The summed E-state index contributed by atoms with van der Waals surface area (Å²) in [4.78, 5) is 0. The van der Waals surface area contributed by atoms with Crippen molar-refractivity contribution in [3.63, 3.8) is 0 Å². The van der Waals surface area contributed by atoms with Gasteiger partial charge in [0.25, 0.3) is 0 Å². The molecule has 0 aliphatic carbocycles. The number of hydrogen-bond acceptors (Lipinski definition) is 3. The highest BCUT2D eigenvalue weighted by atomic mass is 127. The molecule has 0 bridgehead atoms. The molecule has 0 saturated carbocycles. The normalized spacial score (nSPS) is 9.64. The molecule has 0 radical (unpaired) electrons. The minimum atomic E-state index is 0.182. The third-order valence-electron chi connectivity index (χ3n) is 1.37. The van der Waals surface area contributed by atoms with Gasteiger partial charge in [0.2, 0.25) is 0 Å². The van der Waals surface area contributed by atoms with Crippen LogP contribution in [0.25, 0.3) is 0 Å². The van der Waals surface area contributed by atoms with Crippen LogP contribution in [0, 0.1) is 0 Å². The first-order valence-electron chi connectivity index (χ1n) is 3.08. The Morgan fingerprint density at radius 3 is 2.73 bits per heavy atom. The van der Waals surface area contributed by atoms with E-state index in [1.165, 1.54) is 6.07 Å². The van der Waals surface area contributed by atoms with E-state index in [1.54, 1.807) is 35.1 Å². The van der Waals surface area contributed by atoms with Crippen molar-refractivity contribution in [3.05, 3.63) is 23.8 Å². The number of rotatable bonds is 2. The summed E-state index contributed by atoms with van der Waals surface area (Å²) in [5.41, 5.74) is 6.06. The molecule has 1 aromatic rings. The molecular weight excluding hydrogens is 257 g/mol. The fraction of sp³-hybridized carbons (Fsp3) is 0.143. The van der Waals surface area contributed by atoms with E-state index in [-0.39, 0.29) is 5.75 Å². The maximum atomic E-state index is 9.26. The molecule has 0 aromatic heterocycles. The van der Waals surface area contributed by atoms with Gasteiger partial charge in [0.15, 0.2) is 23.0 Å². The molecule has 0 aliphatic rings. The van der Waals surface area contributed by atoms with Gasteiger partial charge in [0.1, 0.15) is 11.5 Å². The second-order valence-electron chi connectivity index (χ2n) is 2.07. The molecule has 0 fully saturated rings. The molecule has 0 saturated heterocycles. The number of aromatic hydroxyl groups is 1. The van der Waals surface area contributed by atoms with Gasteiger partial charge in [0.05, 0.1) is 0 Å². The fourth-order valence-corrected chi connectivity index (χ4v) is 1.04. The highest BCUT2D eigenvalue weighted by Crippen LogP contribution is 2.23. The predicted octanol–water partition coefficient (Wildman–Crippen LogP) is 1.58. The fourth-order valence-electron chi connectivity index (χ4n) is 0.764. The second-order valence-corrected chi connectivity index (χ2v) is 2.51. The third kappa shape index (κ3) is 1.97. The van der Waals surface area contributed by atoms with Crippen LogP contribution < -0.4 is 8.80 Å². The zero-order valence-corrected chi connectivity index (χ0v) is 7.91. The van der Waals surface area contributed by atoms with E-state index < -0.39 is 0 Å². The van der Waals surface area contributed by atoms with Gasteiger partial charge >= 0.3 is 0 Å². The number of benzene rings is 1. The van der Waals surface area contributed by atoms with Gasteiger partial charge in [-0.3, -0.25) is 0 Å². The maximum Gasteiger partial charge on any atom is 0.192 e. The van der Waals surface area contributed by atoms with Crippen molar-refractivity contribution >= 4 is 23.0 Å². The van der Waals surface area contributed by atoms with Gasteiger partial charge in [0, 0.05) is 18.2 Å². The molecule has 0 atom stereocenters. The average molecular weight is 265 g/mol. The van der Waals surface area contributed by atoms with Crippen LogP contribution >= 0.6 is 23.0 Å². The summed E-state index contributed by atoms with van der Waals surface area (Å²) < 4.78 is 4.86. The minimum absolute atomic E-state index is 0.182. The molecule has 1 aromatic carbocycles. The smallest absolute Gasteiger partial charge is 0.192 e. The number of phenols is 1. The summed E-state index contributed by atoms with van der Waals surface area (Å²) in [7, 11) is 0. The number of hydrogen-bond donors (Lipinski definition) is 2. The third-order valence-corrected chi connectivity index (χ3v) is 1.87. The first-order chi connectivity index (χ1) is 5.27. The molecule has 3 N–H and O–H groups in total. The molecular formula is C7H8INO2. The highest BCUT2D eigenvalue weighted by molar-refractivity contribution is 14.1. The monoisotopic (exact) mass is 265 g/mol. The average Bonchev–Trinajstić information content (AvgIpc) is 2.04. The van der Waals surface area contributed by atoms with Crippen LogP contribution in [0.5, 0.6) is 11.5 Å². The largest absolute Gasteiger partial charge is 0.507 e. The summed E-state index contributed by atoms with van der Waals surface area (Å²) in [6, 6.07) is 5.03. The molecule has 3 nitrogen and oxygen atoms in total. The minimum Gasteiger partial charge on any atom is -0.507 e. The summed E-state index contributed by atoms with van der Waals surface area (Å²) in [6.07, 6.45) is 0. The molecule has 0 aliphatic heterocycles. The molecule has 1 rings (SSSR count). The zero-order chi connectivity index (χ0) is 8.27. The Hall–Kier alpha value is -0.490. The zero-order valence-electron chi connectivity index (χ0n) is 5.75. The maximum absolute atomic E-state index is 9.26. The molecule has 0 heterocycles. The second kappa shape index (κ2) is 3.77. The number of phenolic OH excluding ortho intramolecular Hbond substituents is 1. The Kier molecular flexibility index (Phi) is 2.95. The van der Waals surface area contributed by atoms with Crippen LogP contribution in [0.2, 0.25) is 0 Å².